The molecular weight excluding hydrogens is 303 g/mol. The Morgan fingerprint density at radius 1 is 1.18 bits per heavy atom. The third kappa shape index (κ3) is 4.29. The number of carbonyl (C=O) groups is 1. The van der Waals surface area contributed by atoms with E-state index in [2.05, 4.69) is 0 Å². The molecule has 0 bridgehead atoms. The smallest absolute Gasteiger partial charge is 0.244 e. The molecule has 1 atom stereocenters. The highest BCUT2D eigenvalue weighted by Gasteiger charge is 2.20. The van der Waals surface area contributed by atoms with Crippen LogP contribution in [0.5, 0.6) is 0 Å². The maximum Gasteiger partial charge on any atom is 0.244 e. The van der Waals surface area contributed by atoms with Gasteiger partial charge in [0, 0.05) is 19.2 Å². The lowest BCUT2D eigenvalue weighted by atomic mass is 10.0. The fraction of sp³-hybridized carbons (Fsp3) is 0.235. The molecule has 0 spiro atoms. The van der Waals surface area contributed by atoms with Gasteiger partial charge in [-0.2, -0.15) is 0 Å². The Morgan fingerprint density at radius 3 is 2.36 bits per heavy atom. The Hall–Kier alpha value is -1.91. The van der Waals surface area contributed by atoms with Crippen LogP contribution in [0.2, 0.25) is 0 Å². The maximum atomic E-state index is 13.6. The van der Waals surface area contributed by atoms with E-state index in [-0.39, 0.29) is 30.7 Å². The molecule has 2 aromatic carbocycles. The molecule has 0 aliphatic rings. The Balaban J connectivity index is 0.00000242. The summed E-state index contributed by atoms with van der Waals surface area (Å²) in [7, 11) is 1.63. The van der Waals surface area contributed by atoms with Crippen molar-refractivity contribution in [1.82, 2.24) is 4.90 Å². The van der Waals surface area contributed by atoms with E-state index in [9.17, 15) is 9.18 Å². The van der Waals surface area contributed by atoms with Gasteiger partial charge in [0.2, 0.25) is 5.91 Å². The van der Waals surface area contributed by atoms with Gasteiger partial charge in [-0.1, -0.05) is 48.0 Å². The van der Waals surface area contributed by atoms with E-state index in [1.54, 1.807) is 25.2 Å². The van der Waals surface area contributed by atoms with Gasteiger partial charge in [-0.05, 0) is 18.6 Å². The molecule has 3 nitrogen and oxygen atoms in total. The zero-order valence-electron chi connectivity index (χ0n) is 12.6. The van der Waals surface area contributed by atoms with Gasteiger partial charge in [-0.15, -0.1) is 12.4 Å². The number of carbonyl (C=O) groups excluding carboxylic acids is 1. The molecule has 0 fully saturated rings. The Labute approximate surface area is 136 Å². The molecule has 5 heteroatoms. The molecule has 1 unspecified atom stereocenters. The van der Waals surface area contributed by atoms with Crippen LogP contribution in [-0.4, -0.2) is 17.9 Å². The molecule has 2 rings (SSSR count). The number of likely N-dealkylation sites (N-methyl/N-ethyl adjacent to an activating group) is 1. The summed E-state index contributed by atoms with van der Waals surface area (Å²) in [4.78, 5) is 13.8. The predicted molar refractivity (Wildman–Crippen MR) is 88.2 cm³/mol. The highest BCUT2D eigenvalue weighted by atomic mass is 35.5. The molecule has 0 aromatic heterocycles. The first-order valence-electron chi connectivity index (χ1n) is 6.79. The largest absolute Gasteiger partial charge is 0.340 e. The highest BCUT2D eigenvalue weighted by molar-refractivity contribution is 5.85. The molecule has 118 valence electrons. The van der Waals surface area contributed by atoms with Crippen molar-refractivity contribution in [2.24, 2.45) is 5.73 Å². The van der Waals surface area contributed by atoms with Crippen molar-refractivity contribution in [3.63, 3.8) is 0 Å². The van der Waals surface area contributed by atoms with Crippen LogP contribution in [0, 0.1) is 12.7 Å². The normalized spacial score (nSPS) is 11.5. The molecular formula is C17H20ClFN2O. The second-order valence-electron chi connectivity index (χ2n) is 5.17. The van der Waals surface area contributed by atoms with E-state index in [1.807, 2.05) is 31.2 Å². The monoisotopic (exact) mass is 322 g/mol. The van der Waals surface area contributed by atoms with E-state index in [4.69, 9.17) is 5.73 Å². The van der Waals surface area contributed by atoms with Crippen molar-refractivity contribution in [2.75, 3.05) is 7.05 Å². The standard InChI is InChI=1S/C17H19FN2O.ClH/c1-12-7-9-13(10-8-12)16(19)17(21)20(2)11-14-5-3-4-6-15(14)18;/h3-10,16H,11,19H2,1-2H3;1H. The summed E-state index contributed by atoms with van der Waals surface area (Å²) in [5.74, 6) is -0.553. The SMILES string of the molecule is Cc1ccc(C(N)C(=O)N(C)Cc2ccccc2F)cc1.Cl. The van der Waals surface area contributed by atoms with Crippen LogP contribution in [-0.2, 0) is 11.3 Å². The highest BCUT2D eigenvalue weighted by Crippen LogP contribution is 2.16. The van der Waals surface area contributed by atoms with Crippen molar-refractivity contribution in [2.45, 2.75) is 19.5 Å². The number of nitrogens with two attached hydrogens (primary N) is 1. The van der Waals surface area contributed by atoms with Crippen LogP contribution in [0.1, 0.15) is 22.7 Å². The summed E-state index contributed by atoms with van der Waals surface area (Å²) in [5, 5.41) is 0. The minimum absolute atomic E-state index is 0. The minimum atomic E-state index is -0.734. The fourth-order valence-electron chi connectivity index (χ4n) is 2.11. The van der Waals surface area contributed by atoms with Crippen molar-refractivity contribution in [3.05, 3.63) is 71.0 Å². The molecule has 2 aromatic rings. The van der Waals surface area contributed by atoms with Crippen LogP contribution >= 0.6 is 12.4 Å². The number of aryl methyl sites for hydroxylation is 1. The maximum absolute atomic E-state index is 13.6. The zero-order chi connectivity index (χ0) is 15.4. The first-order valence-corrected chi connectivity index (χ1v) is 6.79. The Bertz CT molecular complexity index is 631. The average molecular weight is 323 g/mol. The third-order valence-corrected chi connectivity index (χ3v) is 3.44. The number of rotatable bonds is 4. The fourth-order valence-corrected chi connectivity index (χ4v) is 2.11. The van der Waals surface area contributed by atoms with Gasteiger partial charge in [-0.25, -0.2) is 4.39 Å². The third-order valence-electron chi connectivity index (χ3n) is 3.44. The number of nitrogens with zero attached hydrogens (tertiary/aromatic N) is 1. The molecule has 0 heterocycles. The van der Waals surface area contributed by atoms with Crippen molar-refractivity contribution in [1.29, 1.82) is 0 Å². The lowest BCUT2D eigenvalue weighted by Gasteiger charge is -2.22. The lowest BCUT2D eigenvalue weighted by Crippen LogP contribution is -2.35. The van der Waals surface area contributed by atoms with Crippen LogP contribution in [0.15, 0.2) is 48.5 Å². The van der Waals surface area contributed by atoms with Gasteiger partial charge in [0.1, 0.15) is 11.9 Å². The van der Waals surface area contributed by atoms with Crippen LogP contribution in [0.4, 0.5) is 4.39 Å². The summed E-state index contributed by atoms with van der Waals surface area (Å²) in [6, 6.07) is 13.2. The van der Waals surface area contributed by atoms with Gasteiger partial charge in [0.05, 0.1) is 0 Å². The topological polar surface area (TPSA) is 46.3 Å². The summed E-state index contributed by atoms with van der Waals surface area (Å²) in [6.45, 7) is 2.17. The van der Waals surface area contributed by atoms with Gasteiger partial charge in [0.25, 0.3) is 0 Å². The van der Waals surface area contributed by atoms with Gasteiger partial charge < -0.3 is 10.6 Å². The molecule has 0 saturated heterocycles. The average Bonchev–Trinajstić information content (AvgIpc) is 2.49. The van der Waals surface area contributed by atoms with Gasteiger partial charge in [0.15, 0.2) is 0 Å². The van der Waals surface area contributed by atoms with E-state index in [1.165, 1.54) is 11.0 Å². The molecule has 0 aliphatic carbocycles. The van der Waals surface area contributed by atoms with E-state index in [0.717, 1.165) is 11.1 Å². The Kier molecular flexibility index (Phi) is 6.53. The second-order valence-corrected chi connectivity index (χ2v) is 5.17. The first kappa shape index (κ1) is 18.1. The molecule has 0 saturated carbocycles. The quantitative estimate of drug-likeness (QED) is 0.939. The Morgan fingerprint density at radius 2 is 1.77 bits per heavy atom. The lowest BCUT2D eigenvalue weighted by molar-refractivity contribution is -0.132. The number of hydrogen-bond donors (Lipinski definition) is 1. The summed E-state index contributed by atoms with van der Waals surface area (Å²) >= 11 is 0. The first-order chi connectivity index (χ1) is 9.99. The van der Waals surface area contributed by atoms with Crippen LogP contribution in [0.3, 0.4) is 0 Å². The number of amides is 1. The van der Waals surface area contributed by atoms with Gasteiger partial charge >= 0.3 is 0 Å². The molecule has 1 amide bonds. The summed E-state index contributed by atoms with van der Waals surface area (Å²) in [5.41, 5.74) is 8.34. The van der Waals surface area contributed by atoms with E-state index in [0.29, 0.717) is 5.56 Å². The van der Waals surface area contributed by atoms with E-state index >= 15 is 0 Å². The van der Waals surface area contributed by atoms with Crippen molar-refractivity contribution < 1.29 is 9.18 Å². The number of hydrogen-bond acceptors (Lipinski definition) is 2. The molecule has 0 radical (unpaired) electrons. The predicted octanol–water partition coefficient (Wildman–Crippen LogP) is 3.21. The number of benzene rings is 2. The molecule has 22 heavy (non-hydrogen) atoms. The summed E-state index contributed by atoms with van der Waals surface area (Å²) < 4.78 is 13.6. The van der Waals surface area contributed by atoms with Gasteiger partial charge in [-0.3, -0.25) is 4.79 Å². The minimum Gasteiger partial charge on any atom is -0.340 e. The van der Waals surface area contributed by atoms with E-state index < -0.39 is 6.04 Å². The van der Waals surface area contributed by atoms with Crippen LogP contribution in [0.25, 0.3) is 0 Å². The molecule has 2 N–H and O–H groups in total. The second kappa shape index (κ2) is 7.92. The van der Waals surface area contributed by atoms with Crippen molar-refractivity contribution >= 4 is 18.3 Å². The summed E-state index contributed by atoms with van der Waals surface area (Å²) in [6.07, 6.45) is 0. The molecule has 0 aliphatic heterocycles. The van der Waals surface area contributed by atoms with Crippen molar-refractivity contribution in [3.8, 4) is 0 Å². The zero-order valence-corrected chi connectivity index (χ0v) is 13.4. The number of halogens is 2. The van der Waals surface area contributed by atoms with Crippen LogP contribution < -0.4 is 5.73 Å².